The highest BCUT2D eigenvalue weighted by atomic mass is 35.5. The van der Waals surface area contributed by atoms with Crippen LogP contribution in [0.4, 0.5) is 0 Å². The van der Waals surface area contributed by atoms with Gasteiger partial charge in [-0.25, -0.2) is 8.42 Å². The largest absolute Gasteiger partial charge is 0.378 e. The number of aryl methyl sites for hydroxylation is 1. The first-order valence-electron chi connectivity index (χ1n) is 12.4. The quantitative estimate of drug-likeness (QED) is 0.571. The van der Waals surface area contributed by atoms with Crippen molar-refractivity contribution in [2.45, 2.75) is 49.7 Å². The van der Waals surface area contributed by atoms with Gasteiger partial charge in [0.05, 0.1) is 30.9 Å². The summed E-state index contributed by atoms with van der Waals surface area (Å²) in [6, 6.07) is 5.65. The van der Waals surface area contributed by atoms with Gasteiger partial charge in [0.2, 0.25) is 15.9 Å². The molecule has 0 aliphatic carbocycles. The number of morpholine rings is 1. The molecule has 196 valence electrons. The van der Waals surface area contributed by atoms with Crippen molar-refractivity contribution >= 4 is 27.5 Å². The van der Waals surface area contributed by atoms with E-state index in [0.717, 1.165) is 32.5 Å². The van der Waals surface area contributed by atoms with Gasteiger partial charge < -0.3 is 19.7 Å². The molecular weight excluding hydrogens is 492 g/mol. The molecule has 9 nitrogen and oxygen atoms in total. The topological polar surface area (TPSA) is 91.4 Å². The molecule has 3 atom stereocenters. The van der Waals surface area contributed by atoms with E-state index in [2.05, 4.69) is 17.1 Å². The fourth-order valence-electron chi connectivity index (χ4n) is 5.30. The fraction of sp³-hybridized carbons (Fsp3) is 0.708. The van der Waals surface area contributed by atoms with Gasteiger partial charge in [-0.2, -0.15) is 4.31 Å². The number of piperazine rings is 1. The number of halogens is 1. The van der Waals surface area contributed by atoms with Crippen LogP contribution in [0, 0.1) is 6.92 Å². The molecule has 1 N–H and O–H groups in total. The first-order chi connectivity index (χ1) is 16.8. The van der Waals surface area contributed by atoms with Crippen molar-refractivity contribution in [3.05, 3.63) is 28.8 Å². The molecule has 1 aromatic rings. The predicted molar refractivity (Wildman–Crippen MR) is 134 cm³/mol. The lowest BCUT2D eigenvalue weighted by atomic mass is 9.98. The number of hydrogen-bond donors (Lipinski definition) is 1. The summed E-state index contributed by atoms with van der Waals surface area (Å²) in [5.74, 6) is -0.0589. The van der Waals surface area contributed by atoms with Crippen molar-refractivity contribution in [2.75, 3.05) is 65.7 Å². The van der Waals surface area contributed by atoms with Gasteiger partial charge in [0.25, 0.3) is 0 Å². The van der Waals surface area contributed by atoms with E-state index in [9.17, 15) is 13.2 Å². The summed E-state index contributed by atoms with van der Waals surface area (Å²) in [6.45, 7) is 8.89. The summed E-state index contributed by atoms with van der Waals surface area (Å²) in [5, 5.41) is 3.69. The number of hydrogen-bond acceptors (Lipinski definition) is 7. The number of nitrogens with one attached hydrogen (secondary N) is 1. The van der Waals surface area contributed by atoms with E-state index < -0.39 is 16.1 Å². The minimum Gasteiger partial charge on any atom is -0.378 e. The lowest BCUT2D eigenvalue weighted by Crippen LogP contribution is -2.55. The van der Waals surface area contributed by atoms with Crippen LogP contribution >= 0.6 is 11.6 Å². The summed E-state index contributed by atoms with van der Waals surface area (Å²) < 4.78 is 39.5. The Kier molecular flexibility index (Phi) is 9.07. The Morgan fingerprint density at radius 2 is 2.00 bits per heavy atom. The summed E-state index contributed by atoms with van der Waals surface area (Å²) in [7, 11) is -3.83. The van der Waals surface area contributed by atoms with Gasteiger partial charge in [0.1, 0.15) is 11.5 Å². The molecule has 3 heterocycles. The van der Waals surface area contributed by atoms with E-state index in [-0.39, 0.29) is 42.2 Å². The SMILES string of the molecule is Cc1cccc(Cl)c1S(=O)(=O)N1CCOCC1COCC(=O)N1CCN(C2CCNC(C)C2)CC1. The zero-order valence-electron chi connectivity index (χ0n) is 20.6. The molecule has 3 aliphatic heterocycles. The Labute approximate surface area is 213 Å². The average Bonchev–Trinajstić information content (AvgIpc) is 2.84. The highest BCUT2D eigenvalue weighted by molar-refractivity contribution is 7.89. The first-order valence-corrected chi connectivity index (χ1v) is 14.3. The monoisotopic (exact) mass is 528 g/mol. The van der Waals surface area contributed by atoms with Gasteiger partial charge in [-0.05, 0) is 44.9 Å². The molecule has 0 radical (unpaired) electrons. The number of nitrogens with zero attached hydrogens (tertiary/aromatic N) is 3. The van der Waals surface area contributed by atoms with Crippen LogP contribution in [0.25, 0.3) is 0 Å². The van der Waals surface area contributed by atoms with Crippen molar-refractivity contribution in [1.82, 2.24) is 19.4 Å². The Hall–Kier alpha value is -1.27. The van der Waals surface area contributed by atoms with Crippen molar-refractivity contribution in [3.63, 3.8) is 0 Å². The van der Waals surface area contributed by atoms with Crippen molar-refractivity contribution < 1.29 is 22.7 Å². The lowest BCUT2D eigenvalue weighted by molar-refractivity contribution is -0.139. The minimum absolute atomic E-state index is 0.0589. The van der Waals surface area contributed by atoms with Crippen LogP contribution in [-0.4, -0.2) is 112 Å². The van der Waals surface area contributed by atoms with Crippen LogP contribution < -0.4 is 5.32 Å². The molecule has 11 heteroatoms. The third kappa shape index (κ3) is 6.36. The van der Waals surface area contributed by atoms with Crippen LogP contribution in [0.1, 0.15) is 25.3 Å². The molecular formula is C24H37ClN4O5S. The minimum atomic E-state index is -3.83. The molecule has 3 fully saturated rings. The fourth-order valence-corrected chi connectivity index (χ4v) is 7.66. The Morgan fingerprint density at radius 1 is 1.23 bits per heavy atom. The summed E-state index contributed by atoms with van der Waals surface area (Å²) in [4.78, 5) is 17.2. The average molecular weight is 529 g/mol. The number of carbonyl (C=O) groups excluding carboxylic acids is 1. The van der Waals surface area contributed by atoms with Crippen LogP contribution in [0.5, 0.6) is 0 Å². The van der Waals surface area contributed by atoms with Crippen molar-refractivity contribution in [2.24, 2.45) is 0 Å². The van der Waals surface area contributed by atoms with E-state index in [4.69, 9.17) is 21.1 Å². The predicted octanol–water partition coefficient (Wildman–Crippen LogP) is 1.34. The third-order valence-corrected chi connectivity index (χ3v) is 9.80. The van der Waals surface area contributed by atoms with E-state index >= 15 is 0 Å². The highest BCUT2D eigenvalue weighted by Crippen LogP contribution is 2.30. The zero-order valence-corrected chi connectivity index (χ0v) is 22.2. The Balaban J connectivity index is 1.28. The molecule has 3 unspecified atom stereocenters. The number of ether oxygens (including phenoxy) is 2. The smallest absolute Gasteiger partial charge is 0.248 e. The second-order valence-corrected chi connectivity index (χ2v) is 11.9. The zero-order chi connectivity index (χ0) is 25.0. The second-order valence-electron chi connectivity index (χ2n) is 9.70. The summed E-state index contributed by atoms with van der Waals surface area (Å²) >= 11 is 6.25. The molecule has 3 saturated heterocycles. The van der Waals surface area contributed by atoms with Crippen LogP contribution in [0.2, 0.25) is 5.02 Å². The van der Waals surface area contributed by atoms with Gasteiger partial charge in [0, 0.05) is 44.8 Å². The highest BCUT2D eigenvalue weighted by Gasteiger charge is 2.36. The molecule has 4 rings (SSSR count). The van der Waals surface area contributed by atoms with Crippen molar-refractivity contribution in [1.29, 1.82) is 0 Å². The number of rotatable bonds is 7. The summed E-state index contributed by atoms with van der Waals surface area (Å²) in [5.41, 5.74) is 0.594. The van der Waals surface area contributed by atoms with Crippen molar-refractivity contribution in [3.8, 4) is 0 Å². The maximum atomic E-state index is 13.4. The second kappa shape index (κ2) is 11.9. The van der Waals surface area contributed by atoms with E-state index in [1.54, 1.807) is 25.1 Å². The molecule has 0 saturated carbocycles. The van der Waals surface area contributed by atoms with Crippen LogP contribution in [0.15, 0.2) is 23.1 Å². The van der Waals surface area contributed by atoms with Gasteiger partial charge >= 0.3 is 0 Å². The van der Waals surface area contributed by atoms with E-state index in [1.807, 2.05) is 4.90 Å². The molecule has 1 aromatic carbocycles. The Bertz CT molecular complexity index is 966. The lowest BCUT2D eigenvalue weighted by Gasteiger charge is -2.42. The van der Waals surface area contributed by atoms with Gasteiger partial charge in [-0.3, -0.25) is 9.69 Å². The molecule has 35 heavy (non-hydrogen) atoms. The van der Waals surface area contributed by atoms with E-state index in [0.29, 0.717) is 37.3 Å². The molecule has 0 spiro atoms. The first kappa shape index (κ1) is 26.8. The van der Waals surface area contributed by atoms with Gasteiger partial charge in [-0.1, -0.05) is 23.7 Å². The molecule has 3 aliphatic rings. The standard InChI is InChI=1S/C24H37ClN4O5S/c1-18-4-3-5-22(25)24(18)35(31,32)29-12-13-33-15-21(29)16-34-17-23(30)28-10-8-27(9-11-28)20-6-7-26-19(2)14-20/h3-5,19-21,26H,6-17H2,1-2H3. The maximum absolute atomic E-state index is 13.4. The molecule has 0 bridgehead atoms. The number of sulfonamides is 1. The van der Waals surface area contributed by atoms with Crippen LogP contribution in [0.3, 0.4) is 0 Å². The molecule has 1 amide bonds. The number of amides is 1. The third-order valence-electron chi connectivity index (χ3n) is 7.22. The van der Waals surface area contributed by atoms with Crippen LogP contribution in [-0.2, 0) is 24.3 Å². The van der Waals surface area contributed by atoms with E-state index in [1.165, 1.54) is 4.31 Å². The maximum Gasteiger partial charge on any atom is 0.248 e. The number of piperidine rings is 1. The van der Waals surface area contributed by atoms with Gasteiger partial charge in [-0.15, -0.1) is 0 Å². The number of carbonyl (C=O) groups is 1. The summed E-state index contributed by atoms with van der Waals surface area (Å²) in [6.07, 6.45) is 2.30. The number of benzene rings is 1. The Morgan fingerprint density at radius 3 is 2.71 bits per heavy atom. The normalized spacial score (nSPS) is 27.2. The van der Waals surface area contributed by atoms with Gasteiger partial charge in [0.15, 0.2) is 0 Å². The molecule has 0 aromatic heterocycles.